The van der Waals surface area contributed by atoms with E-state index < -0.39 is 11.6 Å². The van der Waals surface area contributed by atoms with Crippen molar-refractivity contribution in [2.45, 2.75) is 70.9 Å². The normalized spacial score (nSPS) is 33.7. The van der Waals surface area contributed by atoms with Crippen molar-refractivity contribution in [2.75, 3.05) is 13.1 Å². The number of hydrogen-bond acceptors (Lipinski definition) is 3. The smallest absolute Gasteiger partial charge is 0.325 e. The van der Waals surface area contributed by atoms with E-state index >= 15 is 0 Å². The maximum absolute atomic E-state index is 12.9. The average Bonchev–Trinajstić information content (AvgIpc) is 3.11. The van der Waals surface area contributed by atoms with Crippen LogP contribution < -0.4 is 5.32 Å². The molecule has 2 saturated heterocycles. The monoisotopic (exact) mass is 335 g/mol. The van der Waals surface area contributed by atoms with Crippen molar-refractivity contribution in [1.29, 1.82) is 0 Å². The first-order valence-corrected chi connectivity index (χ1v) is 9.30. The van der Waals surface area contributed by atoms with Crippen molar-refractivity contribution >= 4 is 17.8 Å². The van der Waals surface area contributed by atoms with E-state index in [2.05, 4.69) is 19.2 Å². The molecule has 0 aromatic carbocycles. The lowest BCUT2D eigenvalue weighted by Gasteiger charge is -2.37. The highest BCUT2D eigenvalue weighted by molar-refractivity contribution is 6.09. The fourth-order valence-electron chi connectivity index (χ4n) is 4.66. The molecule has 0 bridgehead atoms. The van der Waals surface area contributed by atoms with Crippen LogP contribution in [0.15, 0.2) is 0 Å². The van der Waals surface area contributed by atoms with Gasteiger partial charge in [0.1, 0.15) is 12.1 Å². The van der Waals surface area contributed by atoms with E-state index in [1.54, 1.807) is 0 Å². The fourth-order valence-corrected chi connectivity index (χ4v) is 4.66. The number of imide groups is 1. The number of carbonyl (C=O) groups excluding carboxylic acids is 3. The SMILES string of the molecule is CC(C)C1CCCN1C(=O)CN1C(=O)NC2(CCCCC2C)C1=O. The predicted molar refractivity (Wildman–Crippen MR) is 90.2 cm³/mol. The first-order chi connectivity index (χ1) is 11.4. The van der Waals surface area contributed by atoms with Gasteiger partial charge in [-0.15, -0.1) is 0 Å². The summed E-state index contributed by atoms with van der Waals surface area (Å²) in [6.07, 6.45) is 5.66. The molecular weight excluding hydrogens is 306 g/mol. The average molecular weight is 335 g/mol. The van der Waals surface area contributed by atoms with E-state index in [0.29, 0.717) is 12.3 Å². The molecule has 3 rings (SSSR count). The molecule has 6 heteroatoms. The lowest BCUT2D eigenvalue weighted by molar-refractivity contribution is -0.141. The van der Waals surface area contributed by atoms with Crippen LogP contribution >= 0.6 is 0 Å². The molecule has 0 radical (unpaired) electrons. The van der Waals surface area contributed by atoms with Gasteiger partial charge in [0.2, 0.25) is 5.91 Å². The molecule has 24 heavy (non-hydrogen) atoms. The third-order valence-corrected chi connectivity index (χ3v) is 6.18. The van der Waals surface area contributed by atoms with E-state index in [9.17, 15) is 14.4 Å². The largest absolute Gasteiger partial charge is 0.338 e. The van der Waals surface area contributed by atoms with Gasteiger partial charge in [0, 0.05) is 12.6 Å². The Morgan fingerprint density at radius 1 is 1.25 bits per heavy atom. The van der Waals surface area contributed by atoms with E-state index in [-0.39, 0.29) is 30.3 Å². The molecule has 4 amide bonds. The number of hydrogen-bond donors (Lipinski definition) is 1. The van der Waals surface area contributed by atoms with Crippen molar-refractivity contribution < 1.29 is 14.4 Å². The Morgan fingerprint density at radius 2 is 2.00 bits per heavy atom. The lowest BCUT2D eigenvalue weighted by atomic mass is 9.73. The van der Waals surface area contributed by atoms with Gasteiger partial charge in [-0.3, -0.25) is 14.5 Å². The van der Waals surface area contributed by atoms with Crippen LogP contribution in [-0.4, -0.2) is 52.3 Å². The second-order valence-electron chi connectivity index (χ2n) is 7.98. The fraction of sp³-hybridized carbons (Fsp3) is 0.833. The molecule has 1 N–H and O–H groups in total. The summed E-state index contributed by atoms with van der Waals surface area (Å²) in [5.74, 6) is 0.214. The molecule has 1 spiro atoms. The molecule has 134 valence electrons. The molecule has 1 aliphatic carbocycles. The minimum absolute atomic E-state index is 0.102. The summed E-state index contributed by atoms with van der Waals surface area (Å²) < 4.78 is 0. The Bertz CT molecular complexity index is 548. The molecule has 1 saturated carbocycles. The van der Waals surface area contributed by atoms with Crippen molar-refractivity contribution in [3.05, 3.63) is 0 Å². The van der Waals surface area contributed by atoms with E-state index in [0.717, 1.165) is 43.5 Å². The highest BCUT2D eigenvalue weighted by atomic mass is 16.2. The summed E-state index contributed by atoms with van der Waals surface area (Å²) in [6.45, 7) is 6.86. The number of likely N-dealkylation sites (tertiary alicyclic amines) is 1. The minimum Gasteiger partial charge on any atom is -0.338 e. The van der Waals surface area contributed by atoms with E-state index in [4.69, 9.17) is 0 Å². The Morgan fingerprint density at radius 3 is 2.67 bits per heavy atom. The summed E-state index contributed by atoms with van der Waals surface area (Å²) >= 11 is 0. The zero-order chi connectivity index (χ0) is 17.5. The number of nitrogens with one attached hydrogen (secondary N) is 1. The first-order valence-electron chi connectivity index (χ1n) is 9.30. The zero-order valence-electron chi connectivity index (χ0n) is 15.0. The van der Waals surface area contributed by atoms with Crippen LogP contribution in [0.2, 0.25) is 0 Å². The first kappa shape index (κ1) is 17.2. The minimum atomic E-state index is -0.780. The number of urea groups is 1. The quantitative estimate of drug-likeness (QED) is 0.803. The molecule has 3 atom stereocenters. The van der Waals surface area contributed by atoms with Crippen LogP contribution in [0.25, 0.3) is 0 Å². The number of carbonyl (C=O) groups is 3. The van der Waals surface area contributed by atoms with E-state index in [1.165, 1.54) is 0 Å². The molecule has 3 unspecified atom stereocenters. The van der Waals surface area contributed by atoms with Gasteiger partial charge in [0.25, 0.3) is 5.91 Å². The van der Waals surface area contributed by atoms with Gasteiger partial charge < -0.3 is 10.2 Å². The second kappa shape index (κ2) is 6.37. The standard InChI is InChI=1S/C18H29N3O3/c1-12(2)14-8-6-10-20(14)15(22)11-21-16(23)18(19-17(21)24)9-5-4-7-13(18)3/h12-14H,4-11H2,1-3H3,(H,19,24). The summed E-state index contributed by atoms with van der Waals surface area (Å²) in [5, 5.41) is 2.92. The Hall–Kier alpha value is -1.59. The van der Waals surface area contributed by atoms with Gasteiger partial charge in [-0.2, -0.15) is 0 Å². The molecule has 6 nitrogen and oxygen atoms in total. The molecule has 0 aromatic heterocycles. The predicted octanol–water partition coefficient (Wildman–Crippen LogP) is 2.13. The third kappa shape index (κ3) is 2.70. The molecule has 2 heterocycles. The van der Waals surface area contributed by atoms with Crippen LogP contribution in [0.5, 0.6) is 0 Å². The van der Waals surface area contributed by atoms with Gasteiger partial charge in [-0.05, 0) is 37.5 Å². The van der Waals surface area contributed by atoms with Crippen molar-refractivity contribution in [3.63, 3.8) is 0 Å². The molecular formula is C18H29N3O3. The lowest BCUT2D eigenvalue weighted by Crippen LogP contribution is -2.54. The molecule has 2 aliphatic heterocycles. The Labute approximate surface area is 143 Å². The summed E-state index contributed by atoms with van der Waals surface area (Å²) in [6, 6.07) is -0.178. The maximum Gasteiger partial charge on any atom is 0.325 e. The maximum atomic E-state index is 12.9. The summed E-state index contributed by atoms with van der Waals surface area (Å²) in [5.41, 5.74) is -0.780. The van der Waals surface area contributed by atoms with Gasteiger partial charge in [0.05, 0.1) is 0 Å². The van der Waals surface area contributed by atoms with Crippen LogP contribution in [0.4, 0.5) is 4.79 Å². The topological polar surface area (TPSA) is 69.7 Å². The van der Waals surface area contributed by atoms with Crippen LogP contribution in [0, 0.1) is 11.8 Å². The van der Waals surface area contributed by atoms with Crippen LogP contribution in [0.3, 0.4) is 0 Å². The van der Waals surface area contributed by atoms with E-state index in [1.807, 2.05) is 11.8 Å². The van der Waals surface area contributed by atoms with Crippen molar-refractivity contribution in [1.82, 2.24) is 15.1 Å². The van der Waals surface area contributed by atoms with Crippen LogP contribution in [-0.2, 0) is 9.59 Å². The molecule has 0 aromatic rings. The van der Waals surface area contributed by atoms with Crippen molar-refractivity contribution in [2.24, 2.45) is 11.8 Å². The van der Waals surface area contributed by atoms with Crippen molar-refractivity contribution in [3.8, 4) is 0 Å². The highest BCUT2D eigenvalue weighted by Gasteiger charge is 2.55. The molecule has 3 aliphatic rings. The Balaban J connectivity index is 1.72. The molecule has 3 fully saturated rings. The van der Waals surface area contributed by atoms with Gasteiger partial charge in [-0.25, -0.2) is 4.79 Å². The van der Waals surface area contributed by atoms with Gasteiger partial charge in [0.15, 0.2) is 0 Å². The van der Waals surface area contributed by atoms with Gasteiger partial charge >= 0.3 is 6.03 Å². The summed E-state index contributed by atoms with van der Waals surface area (Å²) in [7, 11) is 0. The second-order valence-corrected chi connectivity index (χ2v) is 7.98. The van der Waals surface area contributed by atoms with Gasteiger partial charge in [-0.1, -0.05) is 33.6 Å². The Kier molecular flexibility index (Phi) is 4.58. The zero-order valence-corrected chi connectivity index (χ0v) is 15.0. The summed E-state index contributed by atoms with van der Waals surface area (Å²) in [4.78, 5) is 41.1. The highest BCUT2D eigenvalue weighted by Crippen LogP contribution is 2.38. The number of rotatable bonds is 3. The third-order valence-electron chi connectivity index (χ3n) is 6.18. The van der Waals surface area contributed by atoms with Crippen LogP contribution in [0.1, 0.15) is 59.3 Å². The number of nitrogens with zero attached hydrogens (tertiary/aromatic N) is 2. The number of amides is 4.